The van der Waals surface area contributed by atoms with Crippen LogP contribution in [0, 0.1) is 6.92 Å². The van der Waals surface area contributed by atoms with Crippen LogP contribution >= 0.6 is 11.6 Å². The molecule has 0 saturated carbocycles. The Morgan fingerprint density at radius 3 is 2.64 bits per heavy atom. The molecule has 2 heterocycles. The molecule has 22 heavy (non-hydrogen) atoms. The van der Waals surface area contributed by atoms with Crippen LogP contribution in [0.3, 0.4) is 0 Å². The van der Waals surface area contributed by atoms with E-state index in [4.69, 9.17) is 11.6 Å². The fraction of sp³-hybridized carbons (Fsp3) is 0.0625. The minimum Gasteiger partial charge on any atom is -0.305 e. The third-order valence-corrected chi connectivity index (χ3v) is 3.23. The molecule has 0 atom stereocenters. The summed E-state index contributed by atoms with van der Waals surface area (Å²) in [6, 6.07) is 16.3. The van der Waals surface area contributed by atoms with Crippen LogP contribution in [-0.2, 0) is 0 Å². The van der Waals surface area contributed by atoms with E-state index in [0.29, 0.717) is 5.82 Å². The maximum absolute atomic E-state index is 12.3. The van der Waals surface area contributed by atoms with Crippen LogP contribution in [0.2, 0.25) is 5.15 Å². The molecule has 0 fully saturated rings. The number of rotatable bonds is 3. The van der Waals surface area contributed by atoms with Crippen LogP contribution in [0.25, 0.3) is 5.69 Å². The highest BCUT2D eigenvalue weighted by molar-refractivity contribution is 6.29. The maximum Gasteiger partial charge on any atom is 0.275 e. The monoisotopic (exact) mass is 312 g/mol. The van der Waals surface area contributed by atoms with Crippen molar-refractivity contribution in [1.82, 2.24) is 14.8 Å². The Balaban J connectivity index is 1.92. The van der Waals surface area contributed by atoms with Crippen LogP contribution in [0.1, 0.15) is 16.2 Å². The van der Waals surface area contributed by atoms with E-state index in [1.807, 2.05) is 37.3 Å². The van der Waals surface area contributed by atoms with Crippen molar-refractivity contribution in [3.8, 4) is 5.69 Å². The molecule has 1 aromatic carbocycles. The Labute approximate surface area is 132 Å². The highest BCUT2D eigenvalue weighted by Gasteiger charge is 2.13. The van der Waals surface area contributed by atoms with Gasteiger partial charge in [-0.1, -0.05) is 35.9 Å². The van der Waals surface area contributed by atoms with Gasteiger partial charge in [-0.3, -0.25) is 4.79 Å². The molecule has 0 aliphatic rings. The molecule has 0 aliphatic heterocycles. The van der Waals surface area contributed by atoms with Gasteiger partial charge in [0, 0.05) is 6.07 Å². The van der Waals surface area contributed by atoms with Gasteiger partial charge >= 0.3 is 0 Å². The Hall–Kier alpha value is -2.66. The number of carbonyl (C=O) groups excluding carboxylic acids is 1. The van der Waals surface area contributed by atoms with Gasteiger partial charge < -0.3 is 5.32 Å². The van der Waals surface area contributed by atoms with Crippen molar-refractivity contribution in [2.75, 3.05) is 5.32 Å². The molecule has 0 unspecified atom stereocenters. The number of aryl methyl sites for hydroxylation is 1. The molecule has 1 amide bonds. The van der Waals surface area contributed by atoms with Crippen LogP contribution in [0.15, 0.2) is 54.6 Å². The minimum atomic E-state index is -0.334. The number of carbonyl (C=O) groups is 1. The summed E-state index contributed by atoms with van der Waals surface area (Å²) < 4.78 is 1.68. The Morgan fingerprint density at radius 1 is 1.14 bits per heavy atom. The van der Waals surface area contributed by atoms with E-state index < -0.39 is 0 Å². The average Bonchev–Trinajstić information content (AvgIpc) is 2.88. The number of pyridine rings is 1. The molecule has 2 aromatic heterocycles. The van der Waals surface area contributed by atoms with Crippen molar-refractivity contribution in [3.63, 3.8) is 0 Å². The highest BCUT2D eigenvalue weighted by atomic mass is 35.5. The summed E-state index contributed by atoms with van der Waals surface area (Å²) in [4.78, 5) is 16.3. The normalized spacial score (nSPS) is 10.5. The van der Waals surface area contributed by atoms with E-state index in [1.54, 1.807) is 28.9 Å². The average molecular weight is 313 g/mol. The quantitative estimate of drug-likeness (QED) is 0.753. The largest absolute Gasteiger partial charge is 0.305 e. The first-order valence-corrected chi connectivity index (χ1v) is 7.07. The number of para-hydroxylation sites is 1. The predicted molar refractivity (Wildman–Crippen MR) is 85.5 cm³/mol. The van der Waals surface area contributed by atoms with E-state index >= 15 is 0 Å². The molecule has 3 aromatic rings. The van der Waals surface area contributed by atoms with Crippen molar-refractivity contribution < 1.29 is 4.79 Å². The first-order chi connectivity index (χ1) is 10.6. The lowest BCUT2D eigenvalue weighted by Crippen LogP contribution is -2.16. The number of aromatic nitrogens is 3. The summed E-state index contributed by atoms with van der Waals surface area (Å²) in [6.45, 7) is 1.87. The van der Waals surface area contributed by atoms with Crippen molar-refractivity contribution in [1.29, 1.82) is 0 Å². The summed E-state index contributed by atoms with van der Waals surface area (Å²) in [6.07, 6.45) is 0. The predicted octanol–water partition coefficient (Wildman–Crippen LogP) is 3.48. The summed E-state index contributed by atoms with van der Waals surface area (Å²) >= 11 is 5.81. The zero-order valence-electron chi connectivity index (χ0n) is 11.8. The molecule has 5 nitrogen and oxygen atoms in total. The number of nitrogens with zero attached hydrogens (tertiary/aromatic N) is 3. The molecule has 0 saturated heterocycles. The van der Waals surface area contributed by atoms with Crippen molar-refractivity contribution in [2.45, 2.75) is 6.92 Å². The molecular formula is C16H13ClN4O. The second kappa shape index (κ2) is 5.99. The molecule has 3 rings (SSSR count). The lowest BCUT2D eigenvalue weighted by Gasteiger charge is -2.08. The van der Waals surface area contributed by atoms with E-state index in [9.17, 15) is 4.79 Å². The lowest BCUT2D eigenvalue weighted by atomic mass is 10.3. The molecule has 0 spiro atoms. The molecule has 110 valence electrons. The van der Waals surface area contributed by atoms with Gasteiger partial charge in [0.05, 0.1) is 11.4 Å². The van der Waals surface area contributed by atoms with Gasteiger partial charge in [0.2, 0.25) is 0 Å². The van der Waals surface area contributed by atoms with Gasteiger partial charge in [0.25, 0.3) is 5.91 Å². The standard InChI is InChI=1S/C16H13ClN4O/c1-11-10-15(21(20-11)12-6-3-2-4-7-12)19-16(22)13-8-5-9-14(17)18-13/h2-10H,1H3,(H,19,22). The molecular weight excluding hydrogens is 300 g/mol. The van der Waals surface area contributed by atoms with Gasteiger partial charge in [-0.15, -0.1) is 0 Å². The Morgan fingerprint density at radius 2 is 1.91 bits per heavy atom. The topological polar surface area (TPSA) is 59.8 Å². The molecule has 6 heteroatoms. The minimum absolute atomic E-state index is 0.256. The number of hydrogen-bond donors (Lipinski definition) is 1. The summed E-state index contributed by atoms with van der Waals surface area (Å²) in [5, 5.41) is 7.49. The van der Waals surface area contributed by atoms with E-state index in [-0.39, 0.29) is 16.8 Å². The summed E-state index contributed by atoms with van der Waals surface area (Å²) in [5.74, 6) is 0.245. The number of benzene rings is 1. The fourth-order valence-electron chi connectivity index (χ4n) is 2.07. The van der Waals surface area contributed by atoms with Crippen molar-refractivity contribution in [3.05, 3.63) is 71.1 Å². The van der Waals surface area contributed by atoms with Crippen molar-refractivity contribution >= 4 is 23.3 Å². The second-order valence-corrected chi connectivity index (χ2v) is 5.11. The van der Waals surface area contributed by atoms with E-state index in [2.05, 4.69) is 15.4 Å². The van der Waals surface area contributed by atoms with E-state index in [1.165, 1.54) is 0 Å². The number of amides is 1. The smallest absolute Gasteiger partial charge is 0.275 e. The summed E-state index contributed by atoms with van der Waals surface area (Å²) in [5.41, 5.74) is 1.93. The van der Waals surface area contributed by atoms with E-state index in [0.717, 1.165) is 11.4 Å². The van der Waals surface area contributed by atoms with Gasteiger partial charge in [0.1, 0.15) is 16.7 Å². The van der Waals surface area contributed by atoms with Crippen LogP contribution in [-0.4, -0.2) is 20.7 Å². The van der Waals surface area contributed by atoms with Gasteiger partial charge in [-0.2, -0.15) is 5.10 Å². The Bertz CT molecular complexity index is 814. The maximum atomic E-state index is 12.3. The number of nitrogens with one attached hydrogen (secondary N) is 1. The second-order valence-electron chi connectivity index (χ2n) is 4.72. The zero-order chi connectivity index (χ0) is 15.5. The highest BCUT2D eigenvalue weighted by Crippen LogP contribution is 2.17. The van der Waals surface area contributed by atoms with Crippen molar-refractivity contribution in [2.24, 2.45) is 0 Å². The first-order valence-electron chi connectivity index (χ1n) is 6.69. The fourth-order valence-corrected chi connectivity index (χ4v) is 2.23. The zero-order valence-corrected chi connectivity index (χ0v) is 12.6. The molecule has 0 radical (unpaired) electrons. The number of anilines is 1. The van der Waals surface area contributed by atoms with Crippen LogP contribution in [0.5, 0.6) is 0 Å². The number of hydrogen-bond acceptors (Lipinski definition) is 3. The third kappa shape index (κ3) is 2.99. The third-order valence-electron chi connectivity index (χ3n) is 3.02. The molecule has 0 aliphatic carbocycles. The first kappa shape index (κ1) is 14.3. The lowest BCUT2D eigenvalue weighted by molar-refractivity contribution is 0.102. The molecule has 0 bridgehead atoms. The number of halogens is 1. The van der Waals surface area contributed by atoms with Crippen LogP contribution < -0.4 is 5.32 Å². The molecule has 1 N–H and O–H groups in total. The Kier molecular flexibility index (Phi) is 3.89. The SMILES string of the molecule is Cc1cc(NC(=O)c2cccc(Cl)n2)n(-c2ccccc2)n1. The van der Waals surface area contributed by atoms with Gasteiger partial charge in [-0.05, 0) is 31.2 Å². The van der Waals surface area contributed by atoms with Gasteiger partial charge in [0.15, 0.2) is 0 Å². The van der Waals surface area contributed by atoms with Gasteiger partial charge in [-0.25, -0.2) is 9.67 Å². The summed E-state index contributed by atoms with van der Waals surface area (Å²) in [7, 11) is 0. The van der Waals surface area contributed by atoms with Crippen LogP contribution in [0.4, 0.5) is 5.82 Å².